The van der Waals surface area contributed by atoms with Gasteiger partial charge in [0.2, 0.25) is 5.91 Å². The lowest BCUT2D eigenvalue weighted by Gasteiger charge is -2.31. The van der Waals surface area contributed by atoms with Crippen LogP contribution in [-0.2, 0) is 4.79 Å². The third-order valence-corrected chi connectivity index (χ3v) is 3.97. The van der Waals surface area contributed by atoms with Crippen molar-refractivity contribution in [2.45, 2.75) is 25.7 Å². The van der Waals surface area contributed by atoms with Gasteiger partial charge in [0.25, 0.3) is 0 Å². The average Bonchev–Trinajstić information content (AvgIpc) is 3.14. The summed E-state index contributed by atoms with van der Waals surface area (Å²) in [5.74, 6) is 2.38. The first kappa shape index (κ1) is 12.2. The quantitative estimate of drug-likeness (QED) is 0.811. The number of piperazine rings is 1. The number of carbonyl (C=O) groups excluding carboxylic acids is 1. The van der Waals surface area contributed by atoms with Gasteiger partial charge in [-0.3, -0.25) is 4.79 Å². The van der Waals surface area contributed by atoms with Gasteiger partial charge in [0, 0.05) is 32.1 Å². The summed E-state index contributed by atoms with van der Waals surface area (Å²) in [5.41, 5.74) is 0. The summed E-state index contributed by atoms with van der Waals surface area (Å²) < 4.78 is 0. The van der Waals surface area contributed by atoms with Crippen molar-refractivity contribution in [3.8, 4) is 0 Å². The fourth-order valence-electron chi connectivity index (χ4n) is 2.79. The Morgan fingerprint density at radius 2 is 1.56 bits per heavy atom. The molecule has 3 nitrogen and oxygen atoms in total. The first-order valence-electron chi connectivity index (χ1n) is 6.36. The van der Waals surface area contributed by atoms with E-state index < -0.39 is 0 Å². The Kier molecular flexibility index (Phi) is 3.75. The van der Waals surface area contributed by atoms with Gasteiger partial charge in [0.15, 0.2) is 0 Å². The van der Waals surface area contributed by atoms with Crippen LogP contribution in [0.5, 0.6) is 0 Å². The van der Waals surface area contributed by atoms with Gasteiger partial charge in [-0.15, -0.1) is 12.4 Å². The highest BCUT2D eigenvalue weighted by Crippen LogP contribution is 2.49. The minimum atomic E-state index is 0. The highest BCUT2D eigenvalue weighted by atomic mass is 35.5. The molecule has 1 amide bonds. The molecule has 0 bridgehead atoms. The number of nitrogens with one attached hydrogen (secondary N) is 1. The molecule has 0 aromatic heterocycles. The first-order chi connectivity index (χ1) is 7.36. The third-order valence-electron chi connectivity index (χ3n) is 3.97. The van der Waals surface area contributed by atoms with Gasteiger partial charge in [-0.25, -0.2) is 0 Å². The Morgan fingerprint density at radius 3 is 2.00 bits per heavy atom. The molecule has 0 aromatic rings. The minimum absolute atomic E-state index is 0. The summed E-state index contributed by atoms with van der Waals surface area (Å²) in [7, 11) is 0. The number of hydrogen-bond donors (Lipinski definition) is 1. The van der Waals surface area contributed by atoms with Crippen LogP contribution in [0.1, 0.15) is 25.7 Å². The van der Waals surface area contributed by atoms with Crippen molar-refractivity contribution in [2.75, 3.05) is 26.2 Å². The summed E-state index contributed by atoms with van der Waals surface area (Å²) in [6.45, 7) is 3.81. The van der Waals surface area contributed by atoms with E-state index in [0.717, 1.165) is 38.0 Å². The summed E-state index contributed by atoms with van der Waals surface area (Å²) >= 11 is 0. The third kappa shape index (κ3) is 2.51. The number of nitrogens with zero attached hydrogens (tertiary/aromatic N) is 1. The molecule has 1 aliphatic heterocycles. The van der Waals surface area contributed by atoms with Crippen LogP contribution in [0, 0.1) is 17.8 Å². The number of hydrogen-bond acceptors (Lipinski definition) is 2. The van der Waals surface area contributed by atoms with Crippen molar-refractivity contribution in [3.63, 3.8) is 0 Å². The van der Waals surface area contributed by atoms with Crippen LogP contribution in [0.2, 0.25) is 0 Å². The van der Waals surface area contributed by atoms with E-state index in [1.54, 1.807) is 0 Å². The number of carbonyl (C=O) groups is 1. The highest BCUT2D eigenvalue weighted by molar-refractivity contribution is 5.85. The van der Waals surface area contributed by atoms with Crippen LogP contribution < -0.4 is 5.32 Å². The molecule has 0 unspecified atom stereocenters. The second-order valence-electron chi connectivity index (χ2n) is 5.28. The molecule has 2 saturated carbocycles. The molecule has 3 fully saturated rings. The molecule has 1 heterocycles. The number of rotatable bonds is 3. The average molecular weight is 245 g/mol. The van der Waals surface area contributed by atoms with E-state index in [1.807, 2.05) is 0 Å². The van der Waals surface area contributed by atoms with Gasteiger partial charge in [0.05, 0.1) is 0 Å². The molecule has 1 N–H and O–H groups in total. The Labute approximate surface area is 103 Å². The molecule has 0 atom stereocenters. The molecular formula is C12H21ClN2O. The monoisotopic (exact) mass is 244 g/mol. The van der Waals surface area contributed by atoms with Gasteiger partial charge in [-0.1, -0.05) is 0 Å². The maximum absolute atomic E-state index is 12.4. The molecule has 0 spiro atoms. The zero-order valence-corrected chi connectivity index (χ0v) is 10.5. The van der Waals surface area contributed by atoms with Crippen molar-refractivity contribution < 1.29 is 4.79 Å². The van der Waals surface area contributed by atoms with E-state index in [9.17, 15) is 4.79 Å². The zero-order valence-electron chi connectivity index (χ0n) is 9.65. The van der Waals surface area contributed by atoms with E-state index in [-0.39, 0.29) is 12.4 Å². The van der Waals surface area contributed by atoms with E-state index in [1.165, 1.54) is 25.7 Å². The van der Waals surface area contributed by atoms with Crippen LogP contribution in [0.3, 0.4) is 0 Å². The van der Waals surface area contributed by atoms with Gasteiger partial charge in [-0.05, 0) is 37.5 Å². The maximum atomic E-state index is 12.4. The van der Waals surface area contributed by atoms with Crippen molar-refractivity contribution in [2.24, 2.45) is 17.8 Å². The molecule has 1 saturated heterocycles. The Bertz CT molecular complexity index is 246. The van der Waals surface area contributed by atoms with Crippen molar-refractivity contribution in [3.05, 3.63) is 0 Å². The Balaban J connectivity index is 0.000000963. The van der Waals surface area contributed by atoms with Crippen LogP contribution >= 0.6 is 12.4 Å². The first-order valence-corrected chi connectivity index (χ1v) is 6.36. The predicted octanol–water partition coefficient (Wildman–Crippen LogP) is 1.28. The largest absolute Gasteiger partial charge is 0.340 e. The molecular weight excluding hydrogens is 224 g/mol. The molecule has 0 aromatic carbocycles. The fourth-order valence-corrected chi connectivity index (χ4v) is 2.79. The standard InChI is InChI=1S/C12H20N2O.ClH/c15-12(14-7-5-13-6-8-14)11(9-1-2-9)10-3-4-10;/h9-11,13H,1-8H2;1H. The molecule has 16 heavy (non-hydrogen) atoms. The van der Waals surface area contributed by atoms with E-state index >= 15 is 0 Å². The zero-order chi connectivity index (χ0) is 10.3. The second kappa shape index (κ2) is 4.92. The van der Waals surface area contributed by atoms with Gasteiger partial charge >= 0.3 is 0 Å². The SMILES string of the molecule is Cl.O=C(C(C1CC1)C1CC1)N1CCNCC1. The maximum Gasteiger partial charge on any atom is 0.226 e. The molecule has 3 aliphatic rings. The topological polar surface area (TPSA) is 32.3 Å². The Hall–Kier alpha value is -0.280. The van der Waals surface area contributed by atoms with Crippen molar-refractivity contribution in [1.29, 1.82) is 0 Å². The van der Waals surface area contributed by atoms with E-state index in [2.05, 4.69) is 10.2 Å². The highest BCUT2D eigenvalue weighted by Gasteiger charge is 2.46. The molecule has 0 radical (unpaired) electrons. The van der Waals surface area contributed by atoms with Crippen LogP contribution in [0.25, 0.3) is 0 Å². The molecule has 4 heteroatoms. The smallest absolute Gasteiger partial charge is 0.226 e. The lowest BCUT2D eigenvalue weighted by molar-refractivity contribution is -0.137. The lowest BCUT2D eigenvalue weighted by atomic mass is 9.96. The van der Waals surface area contributed by atoms with Crippen molar-refractivity contribution in [1.82, 2.24) is 10.2 Å². The lowest BCUT2D eigenvalue weighted by Crippen LogP contribution is -2.49. The fraction of sp³-hybridized carbons (Fsp3) is 0.917. The molecule has 3 rings (SSSR count). The summed E-state index contributed by atoms with van der Waals surface area (Å²) in [6.07, 6.45) is 5.22. The van der Waals surface area contributed by atoms with Crippen LogP contribution in [-0.4, -0.2) is 37.0 Å². The Morgan fingerprint density at radius 1 is 1.06 bits per heavy atom. The molecule has 92 valence electrons. The van der Waals surface area contributed by atoms with Gasteiger partial charge in [0.1, 0.15) is 0 Å². The number of amides is 1. The van der Waals surface area contributed by atoms with Crippen molar-refractivity contribution >= 4 is 18.3 Å². The minimum Gasteiger partial charge on any atom is -0.340 e. The van der Waals surface area contributed by atoms with Gasteiger partial charge < -0.3 is 10.2 Å². The van der Waals surface area contributed by atoms with E-state index in [4.69, 9.17) is 0 Å². The van der Waals surface area contributed by atoms with E-state index in [0.29, 0.717) is 11.8 Å². The predicted molar refractivity (Wildman–Crippen MR) is 65.6 cm³/mol. The summed E-state index contributed by atoms with van der Waals surface area (Å²) in [5, 5.41) is 3.30. The molecule has 2 aliphatic carbocycles. The number of halogens is 1. The normalized spacial score (nSPS) is 25.4. The summed E-state index contributed by atoms with van der Waals surface area (Å²) in [6, 6.07) is 0. The van der Waals surface area contributed by atoms with Crippen LogP contribution in [0.15, 0.2) is 0 Å². The van der Waals surface area contributed by atoms with Gasteiger partial charge in [-0.2, -0.15) is 0 Å². The summed E-state index contributed by atoms with van der Waals surface area (Å²) in [4.78, 5) is 14.5. The second-order valence-corrected chi connectivity index (χ2v) is 5.28. The van der Waals surface area contributed by atoms with Crippen LogP contribution in [0.4, 0.5) is 0 Å².